The lowest BCUT2D eigenvalue weighted by molar-refractivity contribution is 0.0658. The molecule has 166 valence electrons. The minimum atomic E-state index is -0.758. The fraction of sp³-hybridized carbons (Fsp3) is 0.238. The van der Waals surface area contributed by atoms with Crippen LogP contribution in [0.25, 0.3) is 11.1 Å². The van der Waals surface area contributed by atoms with Gasteiger partial charge in [-0.05, 0) is 47.7 Å². The monoisotopic (exact) mass is 508 g/mol. The van der Waals surface area contributed by atoms with Gasteiger partial charge < -0.3 is 14.2 Å². The normalized spacial score (nSPS) is 16.9. The number of ketones is 2. The third-order valence-electron chi connectivity index (χ3n) is 5.36. The molecule has 4 rings (SSSR count). The van der Waals surface area contributed by atoms with Crippen molar-refractivity contribution in [3.05, 3.63) is 52.6 Å². The molecule has 2 aromatic carbocycles. The van der Waals surface area contributed by atoms with Gasteiger partial charge >= 0.3 is 11.4 Å². The second-order valence-corrected chi connectivity index (χ2v) is 10.4. The molecule has 0 aromatic heterocycles. The number of hydrogen-bond donors (Lipinski definition) is 0. The zero-order valence-corrected chi connectivity index (χ0v) is 21.1. The van der Waals surface area contributed by atoms with Crippen molar-refractivity contribution < 1.29 is 33.4 Å². The van der Waals surface area contributed by atoms with Gasteiger partial charge in [-0.1, -0.05) is 12.1 Å². The van der Waals surface area contributed by atoms with Crippen LogP contribution in [0.5, 0.6) is 5.75 Å². The summed E-state index contributed by atoms with van der Waals surface area (Å²) >= 11 is 0. The molecule has 1 aliphatic carbocycles. The van der Waals surface area contributed by atoms with Crippen molar-refractivity contribution >= 4 is 57.4 Å². The predicted molar refractivity (Wildman–Crippen MR) is 131 cm³/mol. The minimum Gasteiger partial charge on any atom is -0.488 e. The second-order valence-electron chi connectivity index (χ2n) is 7.25. The number of rotatable bonds is 6. The van der Waals surface area contributed by atoms with Crippen LogP contribution in [0.3, 0.4) is 0 Å². The van der Waals surface area contributed by atoms with Gasteiger partial charge in [-0.3, -0.25) is 9.59 Å². The van der Waals surface area contributed by atoms with E-state index in [4.69, 9.17) is 14.2 Å². The van der Waals surface area contributed by atoms with Crippen LogP contribution in [0.1, 0.15) is 38.3 Å². The Bertz CT molecular complexity index is 1130. The molecule has 5 unspecified atom stereocenters. The number of hydrogen-bond acceptors (Lipinski definition) is 7. The standard InChI is InChI=1S/C21H20O7P4/c22-16(9-27-20(24)31-29)11-1-3-13-12(5-11)8-26-18-7-14-10(6-15(13)18)2-4-17(19(14)23)28-21(25)32-30/h1,3,5-7,17,31-32H,2,4,8-9,29-30H2. The summed E-state index contributed by atoms with van der Waals surface area (Å²) in [4.78, 5) is 48.1. The lowest BCUT2D eigenvalue weighted by Crippen LogP contribution is -2.31. The Morgan fingerprint density at radius 1 is 1.00 bits per heavy atom. The van der Waals surface area contributed by atoms with Gasteiger partial charge in [0, 0.05) is 33.2 Å². The molecule has 2 aliphatic rings. The number of carbonyl (C=O) groups is 4. The van der Waals surface area contributed by atoms with Gasteiger partial charge in [0.1, 0.15) is 12.4 Å². The highest BCUT2D eigenvalue weighted by molar-refractivity contribution is 8.11. The summed E-state index contributed by atoms with van der Waals surface area (Å²) in [6, 6.07) is 8.97. The van der Waals surface area contributed by atoms with Crippen LogP contribution in [0.2, 0.25) is 0 Å². The summed E-state index contributed by atoms with van der Waals surface area (Å²) in [5, 5.41) is 0. The van der Waals surface area contributed by atoms with Crippen LogP contribution in [0, 0.1) is 0 Å². The summed E-state index contributed by atoms with van der Waals surface area (Å²) in [6.07, 6.45) is 0.300. The molecule has 0 saturated carbocycles. The molecule has 0 saturated heterocycles. The van der Waals surface area contributed by atoms with Crippen molar-refractivity contribution in [3.63, 3.8) is 0 Å². The first-order chi connectivity index (χ1) is 15.4. The van der Waals surface area contributed by atoms with Crippen molar-refractivity contribution in [1.82, 2.24) is 0 Å². The molecule has 0 bridgehead atoms. The van der Waals surface area contributed by atoms with E-state index in [0.29, 0.717) is 29.7 Å². The van der Waals surface area contributed by atoms with Gasteiger partial charge in [0.25, 0.3) is 0 Å². The van der Waals surface area contributed by atoms with Crippen LogP contribution in [0.4, 0.5) is 9.59 Å². The van der Waals surface area contributed by atoms with E-state index in [1.54, 1.807) is 18.2 Å². The lowest BCUT2D eigenvalue weighted by Gasteiger charge is -2.27. The summed E-state index contributed by atoms with van der Waals surface area (Å²) in [5.74, 6) is 0.0958. The number of benzene rings is 2. The maximum Gasteiger partial charge on any atom is 0.327 e. The summed E-state index contributed by atoms with van der Waals surface area (Å²) < 4.78 is 16.1. The van der Waals surface area contributed by atoms with E-state index < -0.39 is 17.5 Å². The zero-order chi connectivity index (χ0) is 22.8. The average Bonchev–Trinajstić information content (AvgIpc) is 2.82. The molecule has 32 heavy (non-hydrogen) atoms. The van der Waals surface area contributed by atoms with Crippen molar-refractivity contribution in [1.29, 1.82) is 0 Å². The van der Waals surface area contributed by atoms with Crippen LogP contribution in [-0.4, -0.2) is 35.7 Å². The molecule has 5 atom stereocenters. The number of carbonyl (C=O) groups excluding carboxylic acids is 4. The van der Waals surface area contributed by atoms with Crippen LogP contribution < -0.4 is 4.74 Å². The van der Waals surface area contributed by atoms with Gasteiger partial charge in [0.2, 0.25) is 5.78 Å². The predicted octanol–water partition coefficient (Wildman–Crippen LogP) is 5.14. The first-order valence-electron chi connectivity index (χ1n) is 9.72. The van der Waals surface area contributed by atoms with Gasteiger partial charge in [-0.15, -0.1) is 17.9 Å². The SMILES string of the molecule is O=C(OCC(=O)c1ccc2c(c1)COc1cc3c(cc1-2)CCC(OC(=O)PP)C3=O)PP. The van der Waals surface area contributed by atoms with E-state index in [-0.39, 0.29) is 41.3 Å². The second kappa shape index (κ2) is 10.0. The topological polar surface area (TPSA) is 96.0 Å². The van der Waals surface area contributed by atoms with Crippen LogP contribution in [0.15, 0.2) is 30.3 Å². The highest BCUT2D eigenvalue weighted by Crippen LogP contribution is 2.41. The number of ether oxygens (including phenoxy) is 3. The first kappa shape index (κ1) is 23.4. The van der Waals surface area contributed by atoms with E-state index >= 15 is 0 Å². The third kappa shape index (κ3) is 4.78. The highest BCUT2D eigenvalue weighted by Gasteiger charge is 2.32. The van der Waals surface area contributed by atoms with Gasteiger partial charge in [0.05, 0.1) is 0 Å². The summed E-state index contributed by atoms with van der Waals surface area (Å²) in [6.45, 7) is -0.0508. The Labute approximate surface area is 192 Å². The minimum absolute atomic E-state index is 0.0923. The molecule has 0 amide bonds. The molecule has 2 aromatic rings. The molecule has 1 aliphatic heterocycles. The molecule has 0 fully saturated rings. The van der Waals surface area contributed by atoms with Crippen LogP contribution >= 0.6 is 34.4 Å². The van der Waals surface area contributed by atoms with Crippen molar-refractivity contribution in [2.24, 2.45) is 0 Å². The Morgan fingerprint density at radius 3 is 2.53 bits per heavy atom. The van der Waals surface area contributed by atoms with E-state index in [1.165, 1.54) is 0 Å². The molecular weight excluding hydrogens is 488 g/mol. The summed E-state index contributed by atoms with van der Waals surface area (Å²) in [7, 11) is 4.42. The first-order valence-corrected chi connectivity index (χ1v) is 15.3. The fourth-order valence-corrected chi connectivity index (χ4v) is 4.64. The molecule has 0 N–H and O–H groups in total. The summed E-state index contributed by atoms with van der Waals surface area (Å²) in [5.41, 5.74) is 3.66. The maximum atomic E-state index is 12.8. The van der Waals surface area contributed by atoms with E-state index in [2.05, 4.69) is 17.9 Å². The van der Waals surface area contributed by atoms with Gasteiger partial charge in [-0.2, -0.15) is 0 Å². The number of aryl methyl sites for hydroxylation is 1. The maximum absolute atomic E-state index is 12.8. The Balaban J connectivity index is 1.59. The van der Waals surface area contributed by atoms with E-state index in [1.807, 2.05) is 12.1 Å². The van der Waals surface area contributed by atoms with Crippen LogP contribution in [-0.2, 0) is 22.5 Å². The smallest absolute Gasteiger partial charge is 0.327 e. The molecular formula is C21H20O7P4. The number of fused-ring (bicyclic) bond motifs is 4. The average molecular weight is 508 g/mol. The van der Waals surface area contributed by atoms with Crippen molar-refractivity contribution in [2.75, 3.05) is 6.61 Å². The molecule has 1 heterocycles. The van der Waals surface area contributed by atoms with Gasteiger partial charge in [-0.25, -0.2) is 9.59 Å². The quantitative estimate of drug-likeness (QED) is 0.394. The molecule has 11 heteroatoms. The van der Waals surface area contributed by atoms with E-state index in [0.717, 1.165) is 22.3 Å². The Kier molecular flexibility index (Phi) is 7.33. The van der Waals surface area contributed by atoms with Gasteiger partial charge in [0.15, 0.2) is 18.5 Å². The lowest BCUT2D eigenvalue weighted by atomic mass is 9.84. The van der Waals surface area contributed by atoms with Crippen molar-refractivity contribution in [2.45, 2.75) is 25.6 Å². The van der Waals surface area contributed by atoms with Crippen molar-refractivity contribution in [3.8, 4) is 16.9 Å². The van der Waals surface area contributed by atoms with E-state index in [9.17, 15) is 19.2 Å². The highest BCUT2D eigenvalue weighted by atomic mass is 32.0. The zero-order valence-electron chi connectivity index (χ0n) is 16.8. The largest absolute Gasteiger partial charge is 0.488 e. The Morgan fingerprint density at radius 2 is 1.78 bits per heavy atom. The fourth-order valence-electron chi connectivity index (χ4n) is 3.82. The molecule has 0 spiro atoms. The number of Topliss-reactive ketones (excluding diaryl/α,β-unsaturated/α-hetero) is 2. The Hall–Kier alpha value is -1.76. The molecule has 0 radical (unpaired) electrons. The molecule has 7 nitrogen and oxygen atoms in total. The third-order valence-corrected chi connectivity index (χ3v) is 7.51.